The number of ether oxygens (including phenoxy) is 1. The summed E-state index contributed by atoms with van der Waals surface area (Å²) in [4.78, 5) is 14.0. The number of hydrogen-bond acceptors (Lipinski definition) is 2. The van der Waals surface area contributed by atoms with Gasteiger partial charge in [0.05, 0.1) is 0 Å². The lowest BCUT2D eigenvalue weighted by Crippen LogP contribution is -2.41. The molecule has 19 heavy (non-hydrogen) atoms. The van der Waals surface area contributed by atoms with Gasteiger partial charge in [0, 0.05) is 13.1 Å². The summed E-state index contributed by atoms with van der Waals surface area (Å²) in [5.41, 5.74) is 0. The van der Waals surface area contributed by atoms with E-state index in [0.29, 0.717) is 25.3 Å². The molecule has 3 nitrogen and oxygen atoms in total. The summed E-state index contributed by atoms with van der Waals surface area (Å²) in [7, 11) is 0. The fourth-order valence-electron chi connectivity index (χ4n) is 1.74. The SMILES string of the molecule is C=CCN(CC=C)C(=O)[C@H](CC)Oc1ccccc1. The van der Waals surface area contributed by atoms with Crippen LogP contribution in [0.3, 0.4) is 0 Å². The molecule has 0 heterocycles. The first-order chi connectivity index (χ1) is 9.22. The molecule has 1 amide bonds. The van der Waals surface area contributed by atoms with Gasteiger partial charge in [-0.2, -0.15) is 0 Å². The second-order valence-corrected chi connectivity index (χ2v) is 4.15. The zero-order valence-corrected chi connectivity index (χ0v) is 11.4. The fraction of sp³-hybridized carbons (Fsp3) is 0.312. The molecule has 0 bridgehead atoms. The van der Waals surface area contributed by atoms with Crippen LogP contribution in [0, 0.1) is 0 Å². The van der Waals surface area contributed by atoms with E-state index >= 15 is 0 Å². The van der Waals surface area contributed by atoms with Crippen LogP contribution in [0.5, 0.6) is 5.75 Å². The molecular formula is C16H21NO2. The van der Waals surface area contributed by atoms with Gasteiger partial charge in [-0.25, -0.2) is 0 Å². The van der Waals surface area contributed by atoms with Gasteiger partial charge in [-0.1, -0.05) is 37.3 Å². The molecule has 0 aliphatic rings. The first kappa shape index (κ1) is 15.0. The second kappa shape index (κ2) is 8.14. The number of amides is 1. The molecule has 0 radical (unpaired) electrons. The number of carbonyl (C=O) groups is 1. The van der Waals surface area contributed by atoms with E-state index in [0.717, 1.165) is 0 Å². The minimum Gasteiger partial charge on any atom is -0.481 e. The van der Waals surface area contributed by atoms with Gasteiger partial charge in [-0.15, -0.1) is 13.2 Å². The van der Waals surface area contributed by atoms with Gasteiger partial charge in [-0.3, -0.25) is 4.79 Å². The van der Waals surface area contributed by atoms with Crippen molar-refractivity contribution in [1.29, 1.82) is 0 Å². The lowest BCUT2D eigenvalue weighted by molar-refractivity contribution is -0.137. The van der Waals surface area contributed by atoms with E-state index in [4.69, 9.17) is 4.74 Å². The lowest BCUT2D eigenvalue weighted by Gasteiger charge is -2.25. The highest BCUT2D eigenvalue weighted by atomic mass is 16.5. The van der Waals surface area contributed by atoms with Gasteiger partial charge in [0.2, 0.25) is 0 Å². The maximum absolute atomic E-state index is 12.4. The van der Waals surface area contributed by atoms with E-state index in [2.05, 4.69) is 13.2 Å². The third kappa shape index (κ3) is 4.62. The molecule has 0 saturated carbocycles. The minimum atomic E-state index is -0.470. The van der Waals surface area contributed by atoms with E-state index in [9.17, 15) is 4.79 Å². The number of nitrogens with zero attached hydrogens (tertiary/aromatic N) is 1. The minimum absolute atomic E-state index is 0.0360. The van der Waals surface area contributed by atoms with Crippen LogP contribution in [0.15, 0.2) is 55.6 Å². The first-order valence-electron chi connectivity index (χ1n) is 6.45. The maximum Gasteiger partial charge on any atom is 0.264 e. The molecule has 102 valence electrons. The zero-order valence-electron chi connectivity index (χ0n) is 11.4. The van der Waals surface area contributed by atoms with Crippen molar-refractivity contribution in [2.75, 3.05) is 13.1 Å². The molecule has 3 heteroatoms. The lowest BCUT2D eigenvalue weighted by atomic mass is 10.2. The number of rotatable bonds is 8. The van der Waals surface area contributed by atoms with Crippen molar-refractivity contribution in [1.82, 2.24) is 4.90 Å². The summed E-state index contributed by atoms with van der Waals surface area (Å²) in [6.07, 6.45) is 3.56. The molecule has 0 fully saturated rings. The molecule has 0 aliphatic carbocycles. The van der Waals surface area contributed by atoms with Crippen molar-refractivity contribution >= 4 is 5.91 Å². The van der Waals surface area contributed by atoms with Crippen molar-refractivity contribution in [3.8, 4) is 5.75 Å². The summed E-state index contributed by atoms with van der Waals surface area (Å²) < 4.78 is 5.74. The molecular weight excluding hydrogens is 238 g/mol. The van der Waals surface area contributed by atoms with Gasteiger partial charge in [0.1, 0.15) is 5.75 Å². The van der Waals surface area contributed by atoms with Crippen LogP contribution in [0.25, 0.3) is 0 Å². The Bertz CT molecular complexity index is 404. The predicted molar refractivity (Wildman–Crippen MR) is 78.1 cm³/mol. The predicted octanol–water partition coefficient (Wildman–Crippen LogP) is 3.04. The first-order valence-corrected chi connectivity index (χ1v) is 6.45. The van der Waals surface area contributed by atoms with Crippen molar-refractivity contribution in [3.05, 3.63) is 55.6 Å². The van der Waals surface area contributed by atoms with E-state index in [1.54, 1.807) is 17.1 Å². The topological polar surface area (TPSA) is 29.5 Å². The van der Waals surface area contributed by atoms with E-state index in [1.165, 1.54) is 0 Å². The van der Waals surface area contributed by atoms with E-state index < -0.39 is 6.10 Å². The molecule has 1 aromatic rings. The van der Waals surface area contributed by atoms with Crippen LogP contribution in [0.2, 0.25) is 0 Å². The van der Waals surface area contributed by atoms with Gasteiger partial charge < -0.3 is 9.64 Å². The Kier molecular flexibility index (Phi) is 6.44. The van der Waals surface area contributed by atoms with Crippen LogP contribution in [0.4, 0.5) is 0 Å². The standard InChI is InChI=1S/C16H21NO2/c1-4-12-17(13-5-2)16(18)15(6-3)19-14-10-8-7-9-11-14/h4-5,7-11,15H,1-2,6,12-13H2,3H3/t15-/m0/s1. The smallest absolute Gasteiger partial charge is 0.264 e. The van der Waals surface area contributed by atoms with Crippen LogP contribution in [-0.2, 0) is 4.79 Å². The molecule has 1 rings (SSSR count). The number of para-hydroxylation sites is 1. The second-order valence-electron chi connectivity index (χ2n) is 4.15. The highest BCUT2D eigenvalue weighted by Crippen LogP contribution is 2.14. The molecule has 0 saturated heterocycles. The zero-order chi connectivity index (χ0) is 14.1. The van der Waals surface area contributed by atoms with Crippen LogP contribution >= 0.6 is 0 Å². The van der Waals surface area contributed by atoms with Crippen molar-refractivity contribution in [3.63, 3.8) is 0 Å². The van der Waals surface area contributed by atoms with Crippen LogP contribution < -0.4 is 4.74 Å². The third-order valence-electron chi connectivity index (χ3n) is 2.68. The molecule has 1 aromatic carbocycles. The molecule has 0 N–H and O–H groups in total. The number of benzene rings is 1. The normalized spacial score (nSPS) is 11.4. The average molecular weight is 259 g/mol. The Labute approximate surface area is 115 Å². The van der Waals surface area contributed by atoms with Gasteiger partial charge in [-0.05, 0) is 18.6 Å². The van der Waals surface area contributed by atoms with Crippen LogP contribution in [0.1, 0.15) is 13.3 Å². The highest BCUT2D eigenvalue weighted by molar-refractivity contribution is 5.81. The Hall–Kier alpha value is -2.03. The van der Waals surface area contributed by atoms with Crippen molar-refractivity contribution in [2.45, 2.75) is 19.4 Å². The monoisotopic (exact) mass is 259 g/mol. The summed E-state index contributed by atoms with van der Waals surface area (Å²) >= 11 is 0. The maximum atomic E-state index is 12.4. The van der Waals surface area contributed by atoms with Gasteiger partial charge in [0.15, 0.2) is 6.10 Å². The van der Waals surface area contributed by atoms with Crippen molar-refractivity contribution < 1.29 is 9.53 Å². The molecule has 0 unspecified atom stereocenters. The Balaban J connectivity index is 2.74. The molecule has 0 spiro atoms. The Morgan fingerprint density at radius 3 is 2.32 bits per heavy atom. The Morgan fingerprint density at radius 2 is 1.84 bits per heavy atom. The molecule has 0 aromatic heterocycles. The quantitative estimate of drug-likeness (QED) is 0.672. The van der Waals surface area contributed by atoms with Crippen LogP contribution in [-0.4, -0.2) is 30.0 Å². The largest absolute Gasteiger partial charge is 0.481 e. The molecule has 1 atom stereocenters. The third-order valence-corrected chi connectivity index (χ3v) is 2.68. The van der Waals surface area contributed by atoms with E-state index in [1.807, 2.05) is 37.3 Å². The summed E-state index contributed by atoms with van der Waals surface area (Å²) in [6, 6.07) is 9.38. The Morgan fingerprint density at radius 1 is 1.26 bits per heavy atom. The average Bonchev–Trinajstić information content (AvgIpc) is 2.45. The van der Waals surface area contributed by atoms with Gasteiger partial charge >= 0.3 is 0 Å². The number of hydrogen-bond donors (Lipinski definition) is 0. The number of carbonyl (C=O) groups excluding carboxylic acids is 1. The highest BCUT2D eigenvalue weighted by Gasteiger charge is 2.23. The van der Waals surface area contributed by atoms with Crippen molar-refractivity contribution in [2.24, 2.45) is 0 Å². The van der Waals surface area contributed by atoms with Gasteiger partial charge in [0.25, 0.3) is 5.91 Å². The summed E-state index contributed by atoms with van der Waals surface area (Å²) in [5.74, 6) is 0.672. The fourth-order valence-corrected chi connectivity index (χ4v) is 1.74. The van der Waals surface area contributed by atoms with E-state index in [-0.39, 0.29) is 5.91 Å². The molecule has 0 aliphatic heterocycles. The summed E-state index contributed by atoms with van der Waals surface area (Å²) in [5, 5.41) is 0. The summed E-state index contributed by atoms with van der Waals surface area (Å²) in [6.45, 7) is 10.3.